The second kappa shape index (κ2) is 12.4. The van der Waals surface area contributed by atoms with Crippen molar-refractivity contribution >= 4 is 0 Å². The van der Waals surface area contributed by atoms with E-state index in [-0.39, 0.29) is 0 Å². The summed E-state index contributed by atoms with van der Waals surface area (Å²) in [6, 6.07) is 8.80. The molecule has 31 heavy (non-hydrogen) atoms. The fourth-order valence-corrected chi connectivity index (χ4v) is 4.37. The van der Waals surface area contributed by atoms with Gasteiger partial charge in [0.25, 0.3) is 0 Å². The van der Waals surface area contributed by atoms with Gasteiger partial charge in [-0.15, -0.1) is 0 Å². The van der Waals surface area contributed by atoms with E-state index in [9.17, 15) is 4.39 Å². The Balaban J connectivity index is 1.88. The van der Waals surface area contributed by atoms with Crippen LogP contribution in [-0.4, -0.2) is 54.9 Å². The Morgan fingerprint density at radius 1 is 1.32 bits per heavy atom. The number of hydrogen-bond donors (Lipinski definition) is 2. The standard InChI is InChI=1S/C26H43FN4/c1-6-30(19-26(4,5)27)20-29-16-22(3)24(11-13-28)15-21(2)17-31-14-12-23-9-7-8-10-25(23)18-31/h7-11,16,21,29H,6,12-15,17-20,28H2,1-5H3/b22-16-,24-11-. The van der Waals surface area contributed by atoms with E-state index in [0.29, 0.717) is 25.7 Å². The Kier molecular flexibility index (Phi) is 10.2. The largest absolute Gasteiger partial charge is 0.378 e. The molecule has 1 aliphatic heterocycles. The quantitative estimate of drug-likeness (QED) is 0.379. The third-order valence-corrected chi connectivity index (χ3v) is 5.90. The summed E-state index contributed by atoms with van der Waals surface area (Å²) in [5.41, 5.74) is 10.1. The highest BCUT2D eigenvalue weighted by Crippen LogP contribution is 2.23. The molecule has 0 aliphatic carbocycles. The van der Waals surface area contributed by atoms with Gasteiger partial charge in [-0.2, -0.15) is 0 Å². The number of nitrogens with zero attached hydrogens (tertiary/aromatic N) is 2. The first-order chi connectivity index (χ1) is 14.7. The van der Waals surface area contributed by atoms with E-state index in [0.717, 1.165) is 39.0 Å². The minimum atomic E-state index is -1.19. The first kappa shape index (κ1) is 25.6. The van der Waals surface area contributed by atoms with Crippen LogP contribution in [0.15, 0.2) is 47.7 Å². The third-order valence-electron chi connectivity index (χ3n) is 5.90. The minimum Gasteiger partial charge on any atom is -0.378 e. The molecule has 0 fully saturated rings. The Hall–Kier alpha value is -1.69. The Morgan fingerprint density at radius 2 is 2.03 bits per heavy atom. The molecule has 3 N–H and O–H groups in total. The average molecular weight is 431 g/mol. The smallest absolute Gasteiger partial charge is 0.118 e. The van der Waals surface area contributed by atoms with Crippen LogP contribution in [0.25, 0.3) is 0 Å². The molecule has 0 aromatic heterocycles. The summed E-state index contributed by atoms with van der Waals surface area (Å²) in [6.45, 7) is 15.5. The van der Waals surface area contributed by atoms with Crippen LogP contribution in [-0.2, 0) is 13.0 Å². The molecule has 1 aromatic carbocycles. The van der Waals surface area contributed by atoms with Crippen molar-refractivity contribution in [3.8, 4) is 0 Å². The van der Waals surface area contributed by atoms with Gasteiger partial charge in [-0.05, 0) is 68.3 Å². The number of hydrogen-bond acceptors (Lipinski definition) is 4. The molecule has 0 spiro atoms. The molecule has 2 rings (SSSR count). The molecule has 0 radical (unpaired) electrons. The van der Waals surface area contributed by atoms with Crippen molar-refractivity contribution in [2.75, 3.05) is 39.4 Å². The Morgan fingerprint density at radius 3 is 2.68 bits per heavy atom. The van der Waals surface area contributed by atoms with Crippen molar-refractivity contribution in [3.63, 3.8) is 0 Å². The summed E-state index contributed by atoms with van der Waals surface area (Å²) in [7, 11) is 0. The summed E-state index contributed by atoms with van der Waals surface area (Å²) < 4.78 is 13.9. The number of allylic oxidation sites excluding steroid dienone is 2. The molecule has 0 amide bonds. The topological polar surface area (TPSA) is 44.5 Å². The monoisotopic (exact) mass is 430 g/mol. The summed E-state index contributed by atoms with van der Waals surface area (Å²) in [5, 5.41) is 3.37. The number of halogens is 1. The zero-order chi connectivity index (χ0) is 22.9. The van der Waals surface area contributed by atoms with Crippen LogP contribution >= 0.6 is 0 Å². The van der Waals surface area contributed by atoms with Gasteiger partial charge in [0.2, 0.25) is 0 Å². The predicted molar refractivity (Wildman–Crippen MR) is 131 cm³/mol. The summed E-state index contributed by atoms with van der Waals surface area (Å²) in [5.74, 6) is 0.547. The molecule has 0 saturated heterocycles. The Bertz CT molecular complexity index is 735. The number of nitrogens with two attached hydrogens (primary N) is 1. The number of benzene rings is 1. The van der Waals surface area contributed by atoms with Crippen LogP contribution in [0.2, 0.25) is 0 Å². The van der Waals surface area contributed by atoms with Crippen LogP contribution < -0.4 is 11.1 Å². The van der Waals surface area contributed by atoms with Gasteiger partial charge in [0.15, 0.2) is 0 Å². The van der Waals surface area contributed by atoms with E-state index >= 15 is 0 Å². The number of rotatable bonds is 12. The van der Waals surface area contributed by atoms with Crippen LogP contribution in [0.5, 0.6) is 0 Å². The van der Waals surface area contributed by atoms with Crippen molar-refractivity contribution in [2.24, 2.45) is 11.7 Å². The van der Waals surface area contributed by atoms with Gasteiger partial charge >= 0.3 is 0 Å². The van der Waals surface area contributed by atoms with Crippen LogP contribution in [0.3, 0.4) is 0 Å². The summed E-state index contributed by atoms with van der Waals surface area (Å²) in [6.07, 6.45) is 6.34. The molecule has 4 nitrogen and oxygen atoms in total. The maximum absolute atomic E-state index is 13.9. The Labute approximate surface area is 189 Å². The van der Waals surface area contributed by atoms with Gasteiger partial charge in [0.1, 0.15) is 5.67 Å². The highest BCUT2D eigenvalue weighted by atomic mass is 19.1. The van der Waals surface area contributed by atoms with Gasteiger partial charge < -0.3 is 11.1 Å². The van der Waals surface area contributed by atoms with Gasteiger partial charge in [0.05, 0.1) is 6.67 Å². The normalized spacial score (nSPS) is 17.0. The zero-order valence-corrected chi connectivity index (χ0v) is 20.3. The average Bonchev–Trinajstić information content (AvgIpc) is 2.71. The maximum Gasteiger partial charge on any atom is 0.118 e. The second-order valence-electron chi connectivity index (χ2n) is 9.58. The third kappa shape index (κ3) is 9.14. The van der Waals surface area contributed by atoms with Gasteiger partial charge in [-0.25, -0.2) is 4.39 Å². The second-order valence-corrected chi connectivity index (χ2v) is 9.58. The van der Waals surface area contributed by atoms with Crippen molar-refractivity contribution < 1.29 is 4.39 Å². The highest BCUT2D eigenvalue weighted by molar-refractivity contribution is 5.30. The molecule has 1 atom stereocenters. The molecule has 5 heteroatoms. The highest BCUT2D eigenvalue weighted by Gasteiger charge is 2.20. The van der Waals surface area contributed by atoms with Crippen molar-refractivity contribution in [2.45, 2.75) is 59.7 Å². The number of fused-ring (bicyclic) bond motifs is 1. The maximum atomic E-state index is 13.9. The molecular weight excluding hydrogens is 387 g/mol. The molecule has 0 bridgehead atoms. The molecule has 174 valence electrons. The van der Waals surface area contributed by atoms with Crippen LogP contribution in [0, 0.1) is 5.92 Å². The number of nitrogens with one attached hydrogen (secondary N) is 1. The zero-order valence-electron chi connectivity index (χ0n) is 20.3. The van der Waals surface area contributed by atoms with E-state index in [2.05, 4.69) is 72.4 Å². The van der Waals surface area contributed by atoms with E-state index < -0.39 is 5.67 Å². The molecule has 1 unspecified atom stereocenters. The van der Waals surface area contributed by atoms with E-state index in [1.165, 1.54) is 22.3 Å². The molecule has 0 saturated carbocycles. The van der Waals surface area contributed by atoms with Crippen molar-refractivity contribution in [1.29, 1.82) is 0 Å². The van der Waals surface area contributed by atoms with Crippen molar-refractivity contribution in [1.82, 2.24) is 15.1 Å². The van der Waals surface area contributed by atoms with E-state index in [1.54, 1.807) is 13.8 Å². The lowest BCUT2D eigenvalue weighted by Gasteiger charge is -2.31. The minimum absolute atomic E-state index is 0.422. The lowest BCUT2D eigenvalue weighted by atomic mass is 9.94. The lowest BCUT2D eigenvalue weighted by molar-refractivity contribution is 0.126. The van der Waals surface area contributed by atoms with Crippen molar-refractivity contribution in [3.05, 3.63) is 58.8 Å². The lowest BCUT2D eigenvalue weighted by Crippen LogP contribution is -2.40. The molecule has 1 aromatic rings. The number of alkyl halides is 1. The van der Waals surface area contributed by atoms with Gasteiger partial charge in [0, 0.05) is 38.9 Å². The van der Waals surface area contributed by atoms with Gasteiger partial charge in [-0.1, -0.05) is 44.2 Å². The SMILES string of the molecule is CCN(CN/C=C(C)\C(=C/CN)CC(C)CN1CCc2ccccc2C1)CC(C)(C)F. The summed E-state index contributed by atoms with van der Waals surface area (Å²) in [4.78, 5) is 4.65. The predicted octanol–water partition coefficient (Wildman–Crippen LogP) is 4.48. The van der Waals surface area contributed by atoms with Crippen LogP contribution in [0.4, 0.5) is 4.39 Å². The van der Waals surface area contributed by atoms with E-state index in [1.807, 2.05) is 0 Å². The molecule has 1 aliphatic rings. The van der Waals surface area contributed by atoms with Gasteiger partial charge in [-0.3, -0.25) is 9.80 Å². The van der Waals surface area contributed by atoms with Crippen LogP contribution in [0.1, 0.15) is 52.2 Å². The first-order valence-corrected chi connectivity index (χ1v) is 11.7. The molecular formula is C26H43FN4. The first-order valence-electron chi connectivity index (χ1n) is 11.7. The van der Waals surface area contributed by atoms with E-state index in [4.69, 9.17) is 5.73 Å². The summed E-state index contributed by atoms with van der Waals surface area (Å²) >= 11 is 0. The molecule has 1 heterocycles. The fourth-order valence-electron chi connectivity index (χ4n) is 4.37. The fraction of sp³-hybridized carbons (Fsp3) is 0.615.